The molecule has 5 nitrogen and oxygen atoms in total. The van der Waals surface area contributed by atoms with Gasteiger partial charge in [-0.2, -0.15) is 13.2 Å². The molecule has 0 radical (unpaired) electrons. The second-order valence-electron chi connectivity index (χ2n) is 5.21. The SMILES string of the molecule is O=C(O)c1c(NCc2ccc(C(F)(F)F)cc2F)ccc2nccn12. The van der Waals surface area contributed by atoms with Crippen molar-refractivity contribution in [2.45, 2.75) is 12.7 Å². The number of carboxylic acid groups (broad SMARTS) is 1. The van der Waals surface area contributed by atoms with Crippen LogP contribution in [-0.2, 0) is 12.7 Å². The molecule has 1 aromatic carbocycles. The van der Waals surface area contributed by atoms with Crippen molar-refractivity contribution in [2.75, 3.05) is 5.32 Å². The molecule has 0 aliphatic rings. The zero-order chi connectivity index (χ0) is 18.2. The van der Waals surface area contributed by atoms with E-state index in [4.69, 9.17) is 0 Å². The van der Waals surface area contributed by atoms with Crippen molar-refractivity contribution in [1.29, 1.82) is 0 Å². The van der Waals surface area contributed by atoms with Crippen LogP contribution in [0, 0.1) is 5.82 Å². The molecule has 25 heavy (non-hydrogen) atoms. The fourth-order valence-corrected chi connectivity index (χ4v) is 2.41. The normalized spacial score (nSPS) is 11.7. The fraction of sp³-hybridized carbons (Fsp3) is 0.125. The van der Waals surface area contributed by atoms with Gasteiger partial charge in [0.1, 0.15) is 11.5 Å². The van der Waals surface area contributed by atoms with E-state index in [9.17, 15) is 27.5 Å². The van der Waals surface area contributed by atoms with E-state index < -0.39 is 23.5 Å². The van der Waals surface area contributed by atoms with Gasteiger partial charge in [0.25, 0.3) is 0 Å². The highest BCUT2D eigenvalue weighted by atomic mass is 19.4. The average molecular weight is 353 g/mol. The van der Waals surface area contributed by atoms with Crippen LogP contribution in [0.15, 0.2) is 42.7 Å². The smallest absolute Gasteiger partial charge is 0.416 e. The third-order valence-corrected chi connectivity index (χ3v) is 3.62. The Kier molecular flexibility index (Phi) is 4.07. The number of hydrogen-bond donors (Lipinski definition) is 2. The van der Waals surface area contributed by atoms with E-state index in [0.29, 0.717) is 11.7 Å². The molecule has 0 fully saturated rings. The van der Waals surface area contributed by atoms with E-state index in [1.165, 1.54) is 22.9 Å². The molecule has 2 aromatic heterocycles. The number of carboxylic acids is 1. The van der Waals surface area contributed by atoms with E-state index in [-0.39, 0.29) is 23.5 Å². The molecule has 0 amide bonds. The van der Waals surface area contributed by atoms with Gasteiger partial charge in [-0.05, 0) is 24.3 Å². The van der Waals surface area contributed by atoms with Crippen molar-refractivity contribution < 1.29 is 27.5 Å². The standard InChI is InChI=1S/C16H11F4N3O2/c17-11-7-10(16(18,19)20)2-1-9(11)8-22-12-3-4-13-21-5-6-23(13)14(12)15(24)25/h1-7,22H,8H2,(H,24,25). The molecule has 0 bridgehead atoms. The Morgan fingerprint density at radius 1 is 1.24 bits per heavy atom. The van der Waals surface area contributed by atoms with Crippen molar-refractivity contribution in [3.63, 3.8) is 0 Å². The number of anilines is 1. The number of alkyl halides is 3. The summed E-state index contributed by atoms with van der Waals surface area (Å²) in [5.74, 6) is -2.25. The molecule has 0 saturated heterocycles. The lowest BCUT2D eigenvalue weighted by molar-refractivity contribution is -0.137. The number of nitrogens with zero attached hydrogens (tertiary/aromatic N) is 2. The molecule has 0 saturated carbocycles. The van der Waals surface area contributed by atoms with Gasteiger partial charge in [0.2, 0.25) is 0 Å². The van der Waals surface area contributed by atoms with Crippen LogP contribution in [0.25, 0.3) is 5.65 Å². The largest absolute Gasteiger partial charge is 0.476 e. The monoisotopic (exact) mass is 353 g/mol. The molecular formula is C16H11F4N3O2. The highest BCUT2D eigenvalue weighted by Crippen LogP contribution is 2.30. The minimum absolute atomic E-state index is 0.0185. The number of carbonyl (C=O) groups is 1. The Morgan fingerprint density at radius 3 is 2.64 bits per heavy atom. The average Bonchev–Trinajstić information content (AvgIpc) is 3.00. The molecule has 0 unspecified atom stereocenters. The summed E-state index contributed by atoms with van der Waals surface area (Å²) in [4.78, 5) is 15.5. The first-order chi connectivity index (χ1) is 11.8. The summed E-state index contributed by atoms with van der Waals surface area (Å²) in [5.41, 5.74) is -0.599. The van der Waals surface area contributed by atoms with Crippen molar-refractivity contribution >= 4 is 17.3 Å². The number of nitrogens with one attached hydrogen (secondary N) is 1. The summed E-state index contributed by atoms with van der Waals surface area (Å²) in [6.07, 6.45) is -1.74. The maximum atomic E-state index is 13.9. The molecule has 3 aromatic rings. The topological polar surface area (TPSA) is 66.6 Å². The van der Waals surface area contributed by atoms with Gasteiger partial charge in [0.05, 0.1) is 11.3 Å². The second-order valence-corrected chi connectivity index (χ2v) is 5.21. The van der Waals surface area contributed by atoms with Gasteiger partial charge in [0.15, 0.2) is 5.69 Å². The van der Waals surface area contributed by atoms with Crippen LogP contribution >= 0.6 is 0 Å². The third-order valence-electron chi connectivity index (χ3n) is 3.62. The predicted molar refractivity (Wildman–Crippen MR) is 80.9 cm³/mol. The van der Waals surface area contributed by atoms with Crippen LogP contribution in [0.4, 0.5) is 23.2 Å². The molecule has 130 valence electrons. The Bertz CT molecular complexity index is 950. The summed E-state index contributed by atoms with van der Waals surface area (Å²) >= 11 is 0. The first kappa shape index (κ1) is 16.7. The first-order valence-electron chi connectivity index (χ1n) is 7.06. The van der Waals surface area contributed by atoms with Crippen molar-refractivity contribution in [2.24, 2.45) is 0 Å². The highest BCUT2D eigenvalue weighted by molar-refractivity contribution is 5.93. The summed E-state index contributed by atoms with van der Waals surface area (Å²) in [5, 5.41) is 12.1. The number of benzene rings is 1. The van der Waals surface area contributed by atoms with Crippen molar-refractivity contribution in [1.82, 2.24) is 9.38 Å². The summed E-state index contributed by atoms with van der Waals surface area (Å²) in [6.45, 7) is -0.176. The summed E-state index contributed by atoms with van der Waals surface area (Å²) in [6, 6.07) is 5.23. The van der Waals surface area contributed by atoms with E-state index in [2.05, 4.69) is 10.3 Å². The fourth-order valence-electron chi connectivity index (χ4n) is 2.41. The van der Waals surface area contributed by atoms with Crippen LogP contribution in [0.2, 0.25) is 0 Å². The van der Waals surface area contributed by atoms with Crippen LogP contribution in [0.1, 0.15) is 21.6 Å². The Labute approximate surface area is 138 Å². The molecule has 2 heterocycles. The molecule has 0 aliphatic carbocycles. The lowest BCUT2D eigenvalue weighted by Crippen LogP contribution is -2.12. The van der Waals surface area contributed by atoms with Gasteiger partial charge in [0, 0.05) is 24.5 Å². The van der Waals surface area contributed by atoms with Crippen molar-refractivity contribution in [3.05, 3.63) is 65.4 Å². The van der Waals surface area contributed by atoms with Crippen LogP contribution in [0.5, 0.6) is 0 Å². The molecule has 0 spiro atoms. The maximum absolute atomic E-state index is 13.9. The number of aromatic nitrogens is 2. The second kappa shape index (κ2) is 6.08. The van der Waals surface area contributed by atoms with Crippen LogP contribution < -0.4 is 5.32 Å². The number of hydrogen-bond acceptors (Lipinski definition) is 3. The van der Waals surface area contributed by atoms with Crippen molar-refractivity contribution in [3.8, 4) is 0 Å². The number of fused-ring (bicyclic) bond motifs is 1. The molecule has 0 atom stereocenters. The molecule has 9 heteroatoms. The van der Waals surface area contributed by atoms with Gasteiger partial charge >= 0.3 is 12.1 Å². The summed E-state index contributed by atoms with van der Waals surface area (Å²) in [7, 11) is 0. The predicted octanol–water partition coefficient (Wildman–Crippen LogP) is 3.80. The van der Waals surface area contributed by atoms with Gasteiger partial charge in [-0.25, -0.2) is 14.2 Å². The number of halogens is 4. The minimum atomic E-state index is -4.63. The van der Waals surface area contributed by atoms with E-state index >= 15 is 0 Å². The zero-order valence-corrected chi connectivity index (χ0v) is 12.5. The van der Waals surface area contributed by atoms with Gasteiger partial charge in [-0.3, -0.25) is 4.40 Å². The Balaban J connectivity index is 1.88. The molecular weight excluding hydrogens is 342 g/mol. The van der Waals surface area contributed by atoms with E-state index in [1.54, 1.807) is 6.07 Å². The van der Waals surface area contributed by atoms with Crippen LogP contribution in [-0.4, -0.2) is 20.5 Å². The lowest BCUT2D eigenvalue weighted by atomic mass is 10.1. The van der Waals surface area contributed by atoms with E-state index in [0.717, 1.165) is 12.1 Å². The van der Waals surface area contributed by atoms with Crippen LogP contribution in [0.3, 0.4) is 0 Å². The number of imidazole rings is 1. The molecule has 3 rings (SSSR count). The zero-order valence-electron chi connectivity index (χ0n) is 12.5. The quantitative estimate of drug-likeness (QED) is 0.700. The maximum Gasteiger partial charge on any atom is 0.416 e. The van der Waals surface area contributed by atoms with Gasteiger partial charge in [-0.1, -0.05) is 6.07 Å². The number of pyridine rings is 1. The molecule has 2 N–H and O–H groups in total. The summed E-state index contributed by atoms with van der Waals surface area (Å²) < 4.78 is 52.9. The third kappa shape index (κ3) is 3.25. The Morgan fingerprint density at radius 2 is 2.00 bits per heavy atom. The number of aromatic carboxylic acids is 1. The Hall–Kier alpha value is -3.10. The molecule has 0 aliphatic heterocycles. The first-order valence-corrected chi connectivity index (χ1v) is 7.06. The lowest BCUT2D eigenvalue weighted by Gasteiger charge is -2.13. The minimum Gasteiger partial charge on any atom is -0.476 e. The number of rotatable bonds is 4. The van der Waals surface area contributed by atoms with Gasteiger partial charge < -0.3 is 10.4 Å². The van der Waals surface area contributed by atoms with Gasteiger partial charge in [-0.15, -0.1) is 0 Å². The van der Waals surface area contributed by atoms with E-state index in [1.807, 2.05) is 0 Å². The highest BCUT2D eigenvalue weighted by Gasteiger charge is 2.31.